The molecule has 0 bridgehead atoms. The van der Waals surface area contributed by atoms with E-state index in [-0.39, 0.29) is 0 Å². The molecule has 1 aliphatic heterocycles. The van der Waals surface area contributed by atoms with Crippen molar-refractivity contribution >= 4 is 5.78 Å². The Labute approximate surface area is 102 Å². The van der Waals surface area contributed by atoms with Gasteiger partial charge in [0.1, 0.15) is 0 Å². The molecule has 0 amide bonds. The summed E-state index contributed by atoms with van der Waals surface area (Å²) in [6, 6.07) is 6.25. The second-order valence-electron chi connectivity index (χ2n) is 5.32. The topological polar surface area (TPSA) is 29.1 Å². The van der Waals surface area contributed by atoms with E-state index in [4.69, 9.17) is 0 Å². The number of benzene rings is 1. The van der Waals surface area contributed by atoms with Crippen LogP contribution in [0.25, 0.3) is 0 Å². The lowest BCUT2D eigenvalue weighted by Gasteiger charge is -2.17. The summed E-state index contributed by atoms with van der Waals surface area (Å²) < 4.78 is 0. The number of hydrogen-bond acceptors (Lipinski definition) is 2. The molecular formula is C15H19NO. The highest BCUT2D eigenvalue weighted by molar-refractivity contribution is 5.96. The van der Waals surface area contributed by atoms with Gasteiger partial charge in [-0.05, 0) is 42.5 Å². The Morgan fingerprint density at radius 2 is 2.18 bits per heavy atom. The van der Waals surface area contributed by atoms with Gasteiger partial charge in [-0.1, -0.05) is 25.0 Å². The Bertz CT molecular complexity index is 435. The smallest absolute Gasteiger partial charge is 0.162 e. The molecular weight excluding hydrogens is 210 g/mol. The van der Waals surface area contributed by atoms with Crippen LogP contribution in [-0.2, 0) is 13.0 Å². The third-order valence-electron chi connectivity index (χ3n) is 3.89. The van der Waals surface area contributed by atoms with Crippen LogP contribution < -0.4 is 5.32 Å². The number of nitrogens with one attached hydrogen (secondary N) is 1. The summed E-state index contributed by atoms with van der Waals surface area (Å²) in [5, 5.41) is 3.36. The largest absolute Gasteiger partial charge is 0.312 e. The average Bonchev–Trinajstić information content (AvgIpc) is 3.19. The van der Waals surface area contributed by atoms with Crippen molar-refractivity contribution in [3.63, 3.8) is 0 Å². The van der Waals surface area contributed by atoms with Gasteiger partial charge in [0, 0.05) is 18.5 Å². The van der Waals surface area contributed by atoms with Crippen molar-refractivity contribution in [2.45, 2.75) is 38.6 Å². The van der Waals surface area contributed by atoms with E-state index < -0.39 is 0 Å². The van der Waals surface area contributed by atoms with Crippen molar-refractivity contribution in [3.8, 4) is 0 Å². The summed E-state index contributed by atoms with van der Waals surface area (Å²) in [6.45, 7) is 1.97. The number of fused-ring (bicyclic) bond motifs is 1. The molecule has 2 aliphatic rings. The van der Waals surface area contributed by atoms with Gasteiger partial charge in [0.2, 0.25) is 0 Å². The van der Waals surface area contributed by atoms with Gasteiger partial charge in [-0.3, -0.25) is 4.79 Å². The van der Waals surface area contributed by atoms with Crippen LogP contribution in [-0.4, -0.2) is 12.3 Å². The predicted molar refractivity (Wildman–Crippen MR) is 68.1 cm³/mol. The van der Waals surface area contributed by atoms with Crippen LogP contribution in [0.4, 0.5) is 0 Å². The van der Waals surface area contributed by atoms with E-state index in [2.05, 4.69) is 17.4 Å². The van der Waals surface area contributed by atoms with E-state index in [9.17, 15) is 4.79 Å². The first-order valence-corrected chi connectivity index (χ1v) is 6.68. The van der Waals surface area contributed by atoms with Crippen LogP contribution in [0, 0.1) is 5.92 Å². The third kappa shape index (κ3) is 2.58. The Hall–Kier alpha value is -1.15. The summed E-state index contributed by atoms with van der Waals surface area (Å²) in [4.78, 5) is 12.0. The molecule has 0 atom stereocenters. The first kappa shape index (κ1) is 11.0. The van der Waals surface area contributed by atoms with Gasteiger partial charge in [0.15, 0.2) is 5.78 Å². The van der Waals surface area contributed by atoms with E-state index in [1.165, 1.54) is 24.0 Å². The lowest BCUT2D eigenvalue weighted by Crippen LogP contribution is -2.23. The maximum absolute atomic E-state index is 12.0. The minimum atomic E-state index is 0.324. The zero-order valence-electron chi connectivity index (χ0n) is 10.2. The normalized spacial score (nSPS) is 18.8. The molecule has 1 saturated carbocycles. The number of carbonyl (C=O) groups is 1. The minimum Gasteiger partial charge on any atom is -0.312 e. The molecule has 17 heavy (non-hydrogen) atoms. The summed E-state index contributed by atoms with van der Waals surface area (Å²) in [7, 11) is 0. The van der Waals surface area contributed by atoms with Gasteiger partial charge in [-0.2, -0.15) is 0 Å². The van der Waals surface area contributed by atoms with Gasteiger partial charge in [0.25, 0.3) is 0 Å². The fourth-order valence-electron chi connectivity index (χ4n) is 2.54. The molecule has 90 valence electrons. The summed E-state index contributed by atoms with van der Waals surface area (Å²) >= 11 is 0. The van der Waals surface area contributed by atoms with E-state index in [0.717, 1.165) is 43.8 Å². The lowest BCUT2D eigenvalue weighted by atomic mass is 9.96. The second kappa shape index (κ2) is 4.61. The maximum atomic E-state index is 12.0. The molecule has 0 radical (unpaired) electrons. The van der Waals surface area contributed by atoms with Crippen molar-refractivity contribution in [1.29, 1.82) is 0 Å². The zero-order chi connectivity index (χ0) is 11.7. The molecule has 1 aliphatic carbocycles. The molecule has 2 nitrogen and oxygen atoms in total. The van der Waals surface area contributed by atoms with Gasteiger partial charge < -0.3 is 5.32 Å². The summed E-state index contributed by atoms with van der Waals surface area (Å²) in [5.41, 5.74) is 3.63. The molecule has 1 heterocycles. The Morgan fingerprint density at radius 3 is 3.00 bits per heavy atom. The minimum absolute atomic E-state index is 0.324. The fraction of sp³-hybridized carbons (Fsp3) is 0.533. The van der Waals surface area contributed by atoms with Crippen LogP contribution in [0.15, 0.2) is 18.2 Å². The number of hydrogen-bond donors (Lipinski definition) is 1. The molecule has 1 aromatic rings. The van der Waals surface area contributed by atoms with Gasteiger partial charge >= 0.3 is 0 Å². The van der Waals surface area contributed by atoms with Crippen LogP contribution in [0.3, 0.4) is 0 Å². The maximum Gasteiger partial charge on any atom is 0.162 e. The third-order valence-corrected chi connectivity index (χ3v) is 3.89. The monoisotopic (exact) mass is 229 g/mol. The lowest BCUT2D eigenvalue weighted by molar-refractivity contribution is 0.0978. The quantitative estimate of drug-likeness (QED) is 0.804. The number of Topliss-reactive ketones (excluding diaryl/α,β-unsaturated/α-hetero) is 1. The Morgan fingerprint density at radius 1 is 1.29 bits per heavy atom. The van der Waals surface area contributed by atoms with Gasteiger partial charge in [-0.25, -0.2) is 0 Å². The standard InChI is InChI=1S/C15H19NO/c17-15(6-3-11-1-2-11)13-5-4-12-7-8-16-10-14(12)9-13/h4-5,9,11,16H,1-3,6-8,10H2. The Kier molecular flexibility index (Phi) is 2.98. The molecule has 1 aromatic carbocycles. The Balaban J connectivity index is 1.70. The highest BCUT2D eigenvalue weighted by Gasteiger charge is 2.22. The van der Waals surface area contributed by atoms with Crippen molar-refractivity contribution < 1.29 is 4.79 Å². The highest BCUT2D eigenvalue weighted by atomic mass is 16.1. The van der Waals surface area contributed by atoms with E-state index in [1.54, 1.807) is 0 Å². The molecule has 0 aromatic heterocycles. The van der Waals surface area contributed by atoms with Crippen molar-refractivity contribution in [3.05, 3.63) is 34.9 Å². The summed E-state index contributed by atoms with van der Waals surface area (Å²) in [5.74, 6) is 1.17. The number of rotatable bonds is 4. The number of ketones is 1. The van der Waals surface area contributed by atoms with Crippen LogP contribution in [0.1, 0.15) is 47.2 Å². The second-order valence-corrected chi connectivity index (χ2v) is 5.32. The highest BCUT2D eigenvalue weighted by Crippen LogP contribution is 2.34. The molecule has 0 unspecified atom stereocenters. The molecule has 1 fully saturated rings. The van der Waals surface area contributed by atoms with E-state index in [1.807, 2.05) is 6.07 Å². The predicted octanol–water partition coefficient (Wildman–Crippen LogP) is 2.71. The van der Waals surface area contributed by atoms with E-state index in [0.29, 0.717) is 5.78 Å². The van der Waals surface area contributed by atoms with Crippen LogP contribution in [0.5, 0.6) is 0 Å². The zero-order valence-corrected chi connectivity index (χ0v) is 10.2. The average molecular weight is 229 g/mol. The molecule has 1 N–H and O–H groups in total. The molecule has 0 saturated heterocycles. The number of carbonyl (C=O) groups excluding carboxylic acids is 1. The SMILES string of the molecule is O=C(CCC1CC1)c1ccc2c(c1)CNCC2. The fourth-order valence-corrected chi connectivity index (χ4v) is 2.54. The first-order valence-electron chi connectivity index (χ1n) is 6.68. The van der Waals surface area contributed by atoms with E-state index >= 15 is 0 Å². The molecule has 2 heteroatoms. The van der Waals surface area contributed by atoms with Crippen molar-refractivity contribution in [1.82, 2.24) is 5.32 Å². The molecule has 3 rings (SSSR count). The van der Waals surface area contributed by atoms with Gasteiger partial charge in [-0.15, -0.1) is 0 Å². The van der Waals surface area contributed by atoms with Crippen LogP contribution >= 0.6 is 0 Å². The summed E-state index contributed by atoms with van der Waals surface area (Å²) in [6.07, 6.45) is 5.58. The van der Waals surface area contributed by atoms with Gasteiger partial charge in [0.05, 0.1) is 0 Å². The van der Waals surface area contributed by atoms with Crippen molar-refractivity contribution in [2.75, 3.05) is 6.54 Å². The van der Waals surface area contributed by atoms with Crippen molar-refractivity contribution in [2.24, 2.45) is 5.92 Å². The molecule has 0 spiro atoms. The van der Waals surface area contributed by atoms with Crippen LogP contribution in [0.2, 0.25) is 0 Å². The first-order chi connectivity index (χ1) is 8.33.